The number of rotatable bonds is 5. The van der Waals surface area contributed by atoms with Crippen molar-refractivity contribution < 1.29 is 18.7 Å². The van der Waals surface area contributed by atoms with Crippen LogP contribution in [0.3, 0.4) is 0 Å². The van der Waals surface area contributed by atoms with Gasteiger partial charge in [-0.15, -0.1) is 0 Å². The van der Waals surface area contributed by atoms with Gasteiger partial charge in [-0.25, -0.2) is 4.39 Å². The van der Waals surface area contributed by atoms with E-state index in [4.69, 9.17) is 4.74 Å². The maximum Gasteiger partial charge on any atom is 0.251 e. The number of carbonyl (C=O) groups excluding carboxylic acids is 2. The van der Waals surface area contributed by atoms with Crippen LogP contribution in [0, 0.1) is 5.82 Å². The number of anilines is 1. The summed E-state index contributed by atoms with van der Waals surface area (Å²) in [6.07, 6.45) is 0. The van der Waals surface area contributed by atoms with E-state index < -0.39 is 0 Å². The summed E-state index contributed by atoms with van der Waals surface area (Å²) in [7, 11) is 1.53. The quantitative estimate of drug-likeness (QED) is 0.872. The van der Waals surface area contributed by atoms with Crippen molar-refractivity contribution in [1.29, 1.82) is 0 Å². The van der Waals surface area contributed by atoms with Crippen LogP contribution in [0.4, 0.5) is 10.1 Å². The molecule has 3 rings (SSSR count). The van der Waals surface area contributed by atoms with E-state index in [1.165, 1.54) is 13.2 Å². The molecule has 0 aromatic heterocycles. The van der Waals surface area contributed by atoms with E-state index in [1.54, 1.807) is 47.4 Å². The van der Waals surface area contributed by atoms with E-state index in [1.807, 2.05) is 4.90 Å². The lowest BCUT2D eigenvalue weighted by Gasteiger charge is -2.36. The molecule has 2 amide bonds. The van der Waals surface area contributed by atoms with Gasteiger partial charge in [-0.2, -0.15) is 0 Å². The number of hydrogen-bond donors (Lipinski definition) is 1. The number of para-hydroxylation sites is 1. The van der Waals surface area contributed by atoms with Crippen molar-refractivity contribution >= 4 is 17.5 Å². The number of amides is 2. The van der Waals surface area contributed by atoms with Crippen molar-refractivity contribution in [1.82, 2.24) is 10.2 Å². The number of ether oxygens (including phenoxy) is 1. The number of nitrogens with zero attached hydrogens (tertiary/aromatic N) is 2. The Morgan fingerprint density at radius 3 is 2.52 bits per heavy atom. The third-order valence-electron chi connectivity index (χ3n) is 4.56. The SMILES string of the molecule is COc1cccc(C(=O)NCC(=O)N2CCN(c3ccccc3F)CC2)c1. The zero-order valence-electron chi connectivity index (χ0n) is 15.2. The topological polar surface area (TPSA) is 61.9 Å². The lowest BCUT2D eigenvalue weighted by Crippen LogP contribution is -2.51. The largest absolute Gasteiger partial charge is 0.497 e. The van der Waals surface area contributed by atoms with Crippen molar-refractivity contribution in [2.45, 2.75) is 0 Å². The zero-order valence-corrected chi connectivity index (χ0v) is 15.2. The van der Waals surface area contributed by atoms with Gasteiger partial charge in [-0.1, -0.05) is 18.2 Å². The molecular formula is C20H22FN3O3. The van der Waals surface area contributed by atoms with Crippen LogP contribution in [0.5, 0.6) is 5.75 Å². The molecule has 0 bridgehead atoms. The summed E-state index contributed by atoms with van der Waals surface area (Å²) in [5.74, 6) is -0.159. The summed E-state index contributed by atoms with van der Waals surface area (Å²) in [5.41, 5.74) is 0.988. The van der Waals surface area contributed by atoms with Crippen molar-refractivity contribution in [3.8, 4) is 5.75 Å². The fourth-order valence-electron chi connectivity index (χ4n) is 3.04. The smallest absolute Gasteiger partial charge is 0.251 e. The average Bonchev–Trinajstić information content (AvgIpc) is 2.72. The molecule has 6 nitrogen and oxygen atoms in total. The Bertz CT molecular complexity index is 820. The highest BCUT2D eigenvalue weighted by atomic mass is 19.1. The molecule has 1 aliphatic rings. The Hall–Kier alpha value is -3.09. The Kier molecular flexibility index (Phi) is 5.90. The summed E-state index contributed by atoms with van der Waals surface area (Å²) in [6.45, 7) is 2.01. The van der Waals surface area contributed by atoms with Crippen molar-refractivity contribution in [2.75, 3.05) is 44.7 Å². The molecule has 27 heavy (non-hydrogen) atoms. The van der Waals surface area contributed by atoms with Crippen molar-refractivity contribution in [2.24, 2.45) is 0 Å². The molecule has 1 aliphatic heterocycles. The highest BCUT2D eigenvalue weighted by molar-refractivity contribution is 5.96. The molecular weight excluding hydrogens is 349 g/mol. The predicted octanol–water partition coefficient (Wildman–Crippen LogP) is 1.91. The molecule has 142 valence electrons. The van der Waals surface area contributed by atoms with Gasteiger partial charge in [-0.3, -0.25) is 9.59 Å². The molecule has 0 aliphatic carbocycles. The maximum atomic E-state index is 13.9. The molecule has 1 N–H and O–H groups in total. The van der Waals surface area contributed by atoms with Gasteiger partial charge < -0.3 is 19.9 Å². The van der Waals surface area contributed by atoms with E-state index in [0.29, 0.717) is 43.2 Å². The molecule has 7 heteroatoms. The molecule has 0 atom stereocenters. The molecule has 1 fully saturated rings. The first-order chi connectivity index (χ1) is 13.1. The first kappa shape index (κ1) is 18.7. The van der Waals surface area contributed by atoms with Gasteiger partial charge in [0, 0.05) is 31.7 Å². The minimum atomic E-state index is -0.327. The van der Waals surface area contributed by atoms with Crippen LogP contribution in [0.1, 0.15) is 10.4 Å². The minimum Gasteiger partial charge on any atom is -0.497 e. The molecule has 2 aromatic rings. The summed E-state index contributed by atoms with van der Waals surface area (Å²) < 4.78 is 19.0. The van der Waals surface area contributed by atoms with Crippen LogP contribution >= 0.6 is 0 Å². The van der Waals surface area contributed by atoms with Crippen molar-refractivity contribution in [3.63, 3.8) is 0 Å². The van der Waals surface area contributed by atoms with Crippen LogP contribution in [-0.2, 0) is 4.79 Å². The van der Waals surface area contributed by atoms with Crippen LogP contribution in [0.2, 0.25) is 0 Å². The van der Waals surface area contributed by atoms with Gasteiger partial charge in [0.2, 0.25) is 5.91 Å². The maximum absolute atomic E-state index is 13.9. The Labute approximate surface area is 157 Å². The van der Waals surface area contributed by atoms with Gasteiger partial charge in [0.25, 0.3) is 5.91 Å². The normalized spacial score (nSPS) is 14.0. The zero-order chi connectivity index (χ0) is 19.2. The third kappa shape index (κ3) is 4.55. The fourth-order valence-corrected chi connectivity index (χ4v) is 3.04. The highest BCUT2D eigenvalue weighted by Gasteiger charge is 2.23. The molecule has 2 aromatic carbocycles. The van der Waals surface area contributed by atoms with Gasteiger partial charge in [0.05, 0.1) is 19.3 Å². The fraction of sp³-hybridized carbons (Fsp3) is 0.300. The van der Waals surface area contributed by atoms with E-state index in [2.05, 4.69) is 5.32 Å². The van der Waals surface area contributed by atoms with E-state index in [0.717, 1.165) is 0 Å². The Morgan fingerprint density at radius 2 is 1.81 bits per heavy atom. The molecule has 0 radical (unpaired) electrons. The lowest BCUT2D eigenvalue weighted by molar-refractivity contribution is -0.130. The van der Waals surface area contributed by atoms with E-state index in [9.17, 15) is 14.0 Å². The first-order valence-electron chi connectivity index (χ1n) is 8.78. The van der Waals surface area contributed by atoms with E-state index in [-0.39, 0.29) is 24.2 Å². The average molecular weight is 371 g/mol. The van der Waals surface area contributed by atoms with Crippen LogP contribution < -0.4 is 15.0 Å². The summed E-state index contributed by atoms with van der Waals surface area (Å²) in [4.78, 5) is 28.2. The number of nitrogens with one attached hydrogen (secondary N) is 1. The summed E-state index contributed by atoms with van der Waals surface area (Å²) in [6, 6.07) is 13.4. The van der Waals surface area contributed by atoms with Gasteiger partial charge >= 0.3 is 0 Å². The molecule has 1 heterocycles. The monoisotopic (exact) mass is 371 g/mol. The molecule has 0 saturated carbocycles. The third-order valence-corrected chi connectivity index (χ3v) is 4.56. The van der Waals surface area contributed by atoms with E-state index >= 15 is 0 Å². The molecule has 0 spiro atoms. The Balaban J connectivity index is 1.49. The van der Waals surface area contributed by atoms with Crippen LogP contribution in [0.15, 0.2) is 48.5 Å². The highest BCUT2D eigenvalue weighted by Crippen LogP contribution is 2.20. The number of piperazine rings is 1. The predicted molar refractivity (Wildman–Crippen MR) is 101 cm³/mol. The second-order valence-corrected chi connectivity index (χ2v) is 6.23. The second kappa shape index (κ2) is 8.53. The number of methoxy groups -OCH3 is 1. The number of halogens is 1. The van der Waals surface area contributed by atoms with Gasteiger partial charge in [0.15, 0.2) is 0 Å². The van der Waals surface area contributed by atoms with Gasteiger partial charge in [-0.05, 0) is 30.3 Å². The summed E-state index contributed by atoms with van der Waals surface area (Å²) in [5, 5.41) is 2.64. The summed E-state index contributed by atoms with van der Waals surface area (Å²) >= 11 is 0. The Morgan fingerprint density at radius 1 is 1.07 bits per heavy atom. The number of benzene rings is 2. The van der Waals surface area contributed by atoms with Crippen molar-refractivity contribution in [3.05, 3.63) is 59.9 Å². The standard InChI is InChI=1S/C20H22FN3O3/c1-27-16-6-4-5-15(13-16)20(26)22-14-19(25)24-11-9-23(10-12-24)18-8-3-2-7-17(18)21/h2-8,13H,9-12,14H2,1H3,(H,22,26). The first-order valence-corrected chi connectivity index (χ1v) is 8.78. The van der Waals surface area contributed by atoms with Crippen LogP contribution in [-0.4, -0.2) is 56.5 Å². The number of carbonyl (C=O) groups is 2. The van der Waals surface area contributed by atoms with Gasteiger partial charge in [0.1, 0.15) is 11.6 Å². The molecule has 1 saturated heterocycles. The van der Waals surface area contributed by atoms with Crippen LogP contribution in [0.25, 0.3) is 0 Å². The second-order valence-electron chi connectivity index (χ2n) is 6.23. The number of hydrogen-bond acceptors (Lipinski definition) is 4. The molecule has 0 unspecified atom stereocenters. The minimum absolute atomic E-state index is 0.0737. The lowest BCUT2D eigenvalue weighted by atomic mass is 10.2.